The number of benzene rings is 1. The monoisotopic (exact) mass is 334 g/mol. The first-order valence-corrected chi connectivity index (χ1v) is 8.80. The van der Waals surface area contributed by atoms with Gasteiger partial charge >= 0.3 is 0 Å². The third-order valence-electron chi connectivity index (χ3n) is 4.81. The van der Waals surface area contributed by atoms with Crippen LogP contribution in [0.1, 0.15) is 44.0 Å². The van der Waals surface area contributed by atoms with Crippen molar-refractivity contribution < 1.29 is 14.3 Å². The number of likely N-dealkylation sites (tertiary alicyclic amines) is 1. The van der Waals surface area contributed by atoms with Crippen LogP contribution in [0.25, 0.3) is 0 Å². The van der Waals surface area contributed by atoms with E-state index in [2.05, 4.69) is 18.7 Å². The molecule has 0 saturated carbocycles. The van der Waals surface area contributed by atoms with E-state index in [1.165, 1.54) is 0 Å². The first-order valence-electron chi connectivity index (χ1n) is 8.80. The van der Waals surface area contributed by atoms with Crippen molar-refractivity contribution in [2.45, 2.75) is 45.7 Å². The van der Waals surface area contributed by atoms with E-state index < -0.39 is 0 Å². The Morgan fingerprint density at radius 3 is 2.50 bits per heavy atom. The van der Waals surface area contributed by atoms with Crippen molar-refractivity contribution in [3.05, 3.63) is 23.8 Å². The number of amides is 1. The summed E-state index contributed by atoms with van der Waals surface area (Å²) in [5, 5.41) is 0. The van der Waals surface area contributed by atoms with Crippen LogP contribution in [0.2, 0.25) is 0 Å². The summed E-state index contributed by atoms with van der Waals surface area (Å²) >= 11 is 0. The standard InChI is InChI=1S/C19H30N2O3/c1-6-24-18-13-15(7-8-17(18)23-5)19(22)20(4)16-9-11-21(12-10-16)14(2)3/h7-8,13-14,16H,6,9-12H2,1-5H3. The van der Waals surface area contributed by atoms with Gasteiger partial charge in [-0.1, -0.05) is 0 Å². The van der Waals surface area contributed by atoms with E-state index in [0.29, 0.717) is 35.8 Å². The predicted molar refractivity (Wildman–Crippen MR) is 96.0 cm³/mol. The number of nitrogens with zero attached hydrogens (tertiary/aromatic N) is 2. The van der Waals surface area contributed by atoms with Gasteiger partial charge in [0.2, 0.25) is 0 Å². The van der Waals surface area contributed by atoms with Crippen LogP contribution in [0.4, 0.5) is 0 Å². The van der Waals surface area contributed by atoms with E-state index in [1.807, 2.05) is 24.9 Å². The summed E-state index contributed by atoms with van der Waals surface area (Å²) < 4.78 is 10.9. The molecule has 134 valence electrons. The van der Waals surface area contributed by atoms with E-state index in [-0.39, 0.29) is 5.91 Å². The van der Waals surface area contributed by atoms with Crippen molar-refractivity contribution in [2.75, 3.05) is 33.9 Å². The Kier molecular flexibility index (Phi) is 6.49. The van der Waals surface area contributed by atoms with Gasteiger partial charge in [-0.05, 0) is 51.8 Å². The number of carbonyl (C=O) groups is 1. The fraction of sp³-hybridized carbons (Fsp3) is 0.632. The van der Waals surface area contributed by atoms with Crippen LogP contribution in [-0.2, 0) is 0 Å². The number of rotatable bonds is 6. The maximum absolute atomic E-state index is 12.8. The van der Waals surface area contributed by atoms with Crippen LogP contribution >= 0.6 is 0 Å². The summed E-state index contributed by atoms with van der Waals surface area (Å²) in [6, 6.07) is 6.26. The normalized spacial score (nSPS) is 16.2. The van der Waals surface area contributed by atoms with Gasteiger partial charge in [-0.15, -0.1) is 0 Å². The molecule has 0 aromatic heterocycles. The smallest absolute Gasteiger partial charge is 0.253 e. The fourth-order valence-corrected chi connectivity index (χ4v) is 3.24. The first kappa shape index (κ1) is 18.6. The molecule has 1 aliphatic rings. The molecule has 0 unspecified atom stereocenters. The lowest BCUT2D eigenvalue weighted by Crippen LogP contribution is -2.47. The fourth-order valence-electron chi connectivity index (χ4n) is 3.24. The molecule has 2 rings (SSSR count). The summed E-state index contributed by atoms with van der Waals surface area (Å²) in [5.41, 5.74) is 0.646. The maximum atomic E-state index is 12.8. The molecule has 0 aliphatic carbocycles. The largest absolute Gasteiger partial charge is 0.493 e. The molecule has 1 saturated heterocycles. The van der Waals surface area contributed by atoms with Gasteiger partial charge < -0.3 is 19.3 Å². The minimum absolute atomic E-state index is 0.0432. The summed E-state index contributed by atoms with van der Waals surface area (Å²) in [4.78, 5) is 17.2. The molecule has 0 bridgehead atoms. The van der Waals surface area contributed by atoms with Crippen LogP contribution in [0.5, 0.6) is 11.5 Å². The van der Waals surface area contributed by atoms with Crippen molar-refractivity contribution in [1.29, 1.82) is 0 Å². The number of hydrogen-bond acceptors (Lipinski definition) is 4. The van der Waals surface area contributed by atoms with E-state index in [0.717, 1.165) is 25.9 Å². The minimum atomic E-state index is 0.0432. The van der Waals surface area contributed by atoms with Gasteiger partial charge in [0.25, 0.3) is 5.91 Å². The zero-order valence-electron chi connectivity index (χ0n) is 15.5. The lowest BCUT2D eigenvalue weighted by molar-refractivity contribution is 0.0615. The number of carbonyl (C=O) groups excluding carboxylic acids is 1. The van der Waals surface area contributed by atoms with Crippen LogP contribution in [-0.4, -0.2) is 61.6 Å². The van der Waals surface area contributed by atoms with Crippen molar-refractivity contribution in [1.82, 2.24) is 9.80 Å². The number of ether oxygens (including phenoxy) is 2. The topological polar surface area (TPSA) is 42.0 Å². The molecule has 1 aromatic rings. The Balaban J connectivity index is 2.07. The number of methoxy groups -OCH3 is 1. The molecular weight excluding hydrogens is 304 g/mol. The maximum Gasteiger partial charge on any atom is 0.253 e. The zero-order valence-corrected chi connectivity index (χ0v) is 15.5. The Bertz CT molecular complexity index is 552. The summed E-state index contributed by atoms with van der Waals surface area (Å²) in [6.45, 7) is 9.00. The van der Waals surface area contributed by atoms with Crippen LogP contribution in [0.15, 0.2) is 18.2 Å². The molecule has 5 heteroatoms. The highest BCUT2D eigenvalue weighted by molar-refractivity contribution is 5.95. The quantitative estimate of drug-likeness (QED) is 0.802. The summed E-state index contributed by atoms with van der Waals surface area (Å²) in [5.74, 6) is 1.32. The molecule has 24 heavy (non-hydrogen) atoms. The van der Waals surface area contributed by atoms with Gasteiger partial charge in [-0.2, -0.15) is 0 Å². The Labute approximate surface area is 145 Å². The number of piperidine rings is 1. The van der Waals surface area contributed by atoms with Gasteiger partial charge in [0, 0.05) is 37.8 Å². The van der Waals surface area contributed by atoms with Gasteiger partial charge in [-0.3, -0.25) is 4.79 Å². The minimum Gasteiger partial charge on any atom is -0.493 e. The van der Waals surface area contributed by atoms with Crippen molar-refractivity contribution in [3.63, 3.8) is 0 Å². The molecule has 5 nitrogen and oxygen atoms in total. The molecule has 1 heterocycles. The summed E-state index contributed by atoms with van der Waals surface area (Å²) in [6.07, 6.45) is 2.05. The molecular formula is C19H30N2O3. The second-order valence-electron chi connectivity index (χ2n) is 6.58. The van der Waals surface area contributed by atoms with Crippen molar-refractivity contribution >= 4 is 5.91 Å². The first-order chi connectivity index (χ1) is 11.5. The lowest BCUT2D eigenvalue weighted by atomic mass is 10.0. The van der Waals surface area contributed by atoms with Gasteiger partial charge in [0.05, 0.1) is 13.7 Å². The second kappa shape index (κ2) is 8.38. The summed E-state index contributed by atoms with van der Waals surface area (Å²) in [7, 11) is 3.51. The van der Waals surface area contributed by atoms with E-state index >= 15 is 0 Å². The van der Waals surface area contributed by atoms with E-state index in [4.69, 9.17) is 9.47 Å². The molecule has 1 amide bonds. The predicted octanol–water partition coefficient (Wildman–Crippen LogP) is 3.04. The SMILES string of the molecule is CCOc1cc(C(=O)N(C)C2CCN(C(C)C)CC2)ccc1OC. The van der Waals surface area contributed by atoms with Crippen LogP contribution in [0, 0.1) is 0 Å². The molecule has 1 aliphatic heterocycles. The van der Waals surface area contributed by atoms with Crippen LogP contribution in [0.3, 0.4) is 0 Å². The van der Waals surface area contributed by atoms with Crippen LogP contribution < -0.4 is 9.47 Å². The highest BCUT2D eigenvalue weighted by Gasteiger charge is 2.27. The van der Waals surface area contributed by atoms with Crippen molar-refractivity contribution in [3.8, 4) is 11.5 Å². The molecule has 0 N–H and O–H groups in total. The van der Waals surface area contributed by atoms with Gasteiger partial charge in [-0.25, -0.2) is 0 Å². The van der Waals surface area contributed by atoms with E-state index in [9.17, 15) is 4.79 Å². The number of hydrogen-bond donors (Lipinski definition) is 0. The van der Waals surface area contributed by atoms with E-state index in [1.54, 1.807) is 19.2 Å². The third kappa shape index (κ3) is 4.20. The Morgan fingerprint density at radius 2 is 1.96 bits per heavy atom. The Morgan fingerprint density at radius 1 is 1.29 bits per heavy atom. The highest BCUT2D eigenvalue weighted by Crippen LogP contribution is 2.29. The average Bonchev–Trinajstić information content (AvgIpc) is 2.60. The van der Waals surface area contributed by atoms with Gasteiger partial charge in [0.15, 0.2) is 11.5 Å². The molecule has 0 atom stereocenters. The van der Waals surface area contributed by atoms with Gasteiger partial charge in [0.1, 0.15) is 0 Å². The lowest BCUT2D eigenvalue weighted by Gasteiger charge is -2.38. The Hall–Kier alpha value is -1.75. The third-order valence-corrected chi connectivity index (χ3v) is 4.81. The highest BCUT2D eigenvalue weighted by atomic mass is 16.5. The van der Waals surface area contributed by atoms with Crippen molar-refractivity contribution in [2.24, 2.45) is 0 Å². The molecule has 1 fully saturated rings. The molecule has 1 aromatic carbocycles. The molecule has 0 radical (unpaired) electrons. The zero-order chi connectivity index (χ0) is 17.7. The molecule has 0 spiro atoms. The second-order valence-corrected chi connectivity index (χ2v) is 6.58. The average molecular weight is 334 g/mol.